The van der Waals surface area contributed by atoms with Gasteiger partial charge in [0, 0.05) is 6.54 Å². The molecular weight excluding hydrogens is 247 g/mol. The minimum Gasteiger partial charge on any atom is -0.391 e. The third-order valence-corrected chi connectivity index (χ3v) is 2.28. The molecule has 0 amide bonds. The van der Waals surface area contributed by atoms with E-state index in [1.807, 2.05) is 0 Å². The Bertz CT molecular complexity index is 454. The predicted molar refractivity (Wildman–Crippen MR) is 58.7 cm³/mol. The quantitative estimate of drug-likeness (QED) is 0.869. The van der Waals surface area contributed by atoms with Gasteiger partial charge in [0.15, 0.2) is 0 Å². The monoisotopic (exact) mass is 259 g/mol. The molecule has 1 heterocycles. The summed E-state index contributed by atoms with van der Waals surface area (Å²) in [5.41, 5.74) is -1.07. The van der Waals surface area contributed by atoms with Gasteiger partial charge in [0.25, 0.3) is 0 Å². The van der Waals surface area contributed by atoms with Crippen LogP contribution in [0, 0.1) is 11.3 Å². The maximum absolute atomic E-state index is 12.4. The molecule has 1 atom stereocenters. The number of aliphatic hydroxyl groups is 1. The van der Waals surface area contributed by atoms with Gasteiger partial charge in [-0.1, -0.05) is 6.92 Å². The average molecular weight is 259 g/mol. The first kappa shape index (κ1) is 14.3. The van der Waals surface area contributed by atoms with Crippen molar-refractivity contribution in [1.29, 1.82) is 5.26 Å². The van der Waals surface area contributed by atoms with Crippen molar-refractivity contribution in [1.82, 2.24) is 4.98 Å². The van der Waals surface area contributed by atoms with Gasteiger partial charge < -0.3 is 10.4 Å². The number of hydrogen-bond acceptors (Lipinski definition) is 4. The van der Waals surface area contributed by atoms with E-state index in [1.54, 1.807) is 13.0 Å². The van der Waals surface area contributed by atoms with Crippen LogP contribution in [0.5, 0.6) is 0 Å². The van der Waals surface area contributed by atoms with Crippen LogP contribution >= 0.6 is 0 Å². The zero-order chi connectivity index (χ0) is 13.8. The van der Waals surface area contributed by atoms with E-state index in [0.29, 0.717) is 6.42 Å². The van der Waals surface area contributed by atoms with Crippen LogP contribution in [0.1, 0.15) is 24.6 Å². The highest BCUT2D eigenvalue weighted by molar-refractivity contribution is 5.52. The third-order valence-electron chi connectivity index (χ3n) is 2.28. The lowest BCUT2D eigenvalue weighted by atomic mass is 10.2. The zero-order valence-corrected chi connectivity index (χ0v) is 9.62. The van der Waals surface area contributed by atoms with E-state index in [0.717, 1.165) is 12.1 Å². The van der Waals surface area contributed by atoms with Crippen LogP contribution in [-0.2, 0) is 6.18 Å². The molecule has 0 aliphatic rings. The number of nitrogens with zero attached hydrogens (tertiary/aromatic N) is 2. The molecule has 2 N–H and O–H groups in total. The van der Waals surface area contributed by atoms with Gasteiger partial charge in [-0.3, -0.25) is 0 Å². The first-order valence-corrected chi connectivity index (χ1v) is 5.28. The molecule has 0 bridgehead atoms. The van der Waals surface area contributed by atoms with E-state index < -0.39 is 18.0 Å². The van der Waals surface area contributed by atoms with Crippen LogP contribution < -0.4 is 5.32 Å². The summed E-state index contributed by atoms with van der Waals surface area (Å²) < 4.78 is 37.3. The van der Waals surface area contributed by atoms with Crippen molar-refractivity contribution in [3.8, 4) is 6.07 Å². The Morgan fingerprint density at radius 3 is 2.67 bits per heavy atom. The van der Waals surface area contributed by atoms with E-state index >= 15 is 0 Å². The summed E-state index contributed by atoms with van der Waals surface area (Å²) in [5, 5.41) is 20.6. The maximum Gasteiger partial charge on any atom is 0.433 e. The third kappa shape index (κ3) is 3.60. The minimum atomic E-state index is -4.56. The highest BCUT2D eigenvalue weighted by Gasteiger charge is 2.33. The van der Waals surface area contributed by atoms with Gasteiger partial charge in [-0.25, -0.2) is 4.98 Å². The molecular formula is C11H12F3N3O. The van der Waals surface area contributed by atoms with Crippen LogP contribution in [0.15, 0.2) is 12.1 Å². The summed E-state index contributed by atoms with van der Waals surface area (Å²) in [7, 11) is 0. The highest BCUT2D eigenvalue weighted by atomic mass is 19.4. The number of rotatable bonds is 4. The minimum absolute atomic E-state index is 0.00584. The molecule has 0 saturated heterocycles. The Hall–Kier alpha value is -1.81. The van der Waals surface area contributed by atoms with Crippen LogP contribution in [0.25, 0.3) is 0 Å². The number of aliphatic hydroxyl groups excluding tert-OH is 1. The Morgan fingerprint density at radius 1 is 1.50 bits per heavy atom. The Morgan fingerprint density at radius 2 is 2.17 bits per heavy atom. The fourth-order valence-corrected chi connectivity index (χ4v) is 1.20. The number of hydrogen-bond donors (Lipinski definition) is 2. The number of anilines is 1. The molecule has 0 aliphatic heterocycles. The van der Waals surface area contributed by atoms with Gasteiger partial charge in [-0.05, 0) is 18.6 Å². The van der Waals surface area contributed by atoms with Gasteiger partial charge in [0.2, 0.25) is 0 Å². The number of aromatic nitrogens is 1. The number of alkyl halides is 3. The first-order valence-electron chi connectivity index (χ1n) is 5.28. The number of halogens is 3. The fraction of sp³-hybridized carbons (Fsp3) is 0.455. The second-order valence-electron chi connectivity index (χ2n) is 3.65. The van der Waals surface area contributed by atoms with Crippen molar-refractivity contribution in [2.75, 3.05) is 11.9 Å². The number of nitrogens with one attached hydrogen (secondary N) is 1. The molecule has 4 nitrogen and oxygen atoms in total. The molecule has 1 aromatic heterocycles. The van der Waals surface area contributed by atoms with E-state index in [-0.39, 0.29) is 17.9 Å². The van der Waals surface area contributed by atoms with Crippen LogP contribution in [0.4, 0.5) is 19.0 Å². The SMILES string of the molecule is CCC(O)CNc1nc(C(F)(F)F)ccc1C#N. The summed E-state index contributed by atoms with van der Waals surface area (Å²) in [6, 6.07) is 3.54. The molecule has 0 radical (unpaired) electrons. The summed E-state index contributed by atoms with van der Waals surface area (Å²) in [4.78, 5) is 3.35. The van der Waals surface area contributed by atoms with E-state index in [4.69, 9.17) is 5.26 Å². The average Bonchev–Trinajstić information content (AvgIpc) is 2.34. The summed E-state index contributed by atoms with van der Waals surface area (Å²) >= 11 is 0. The largest absolute Gasteiger partial charge is 0.433 e. The standard InChI is InChI=1S/C11H12F3N3O/c1-2-8(18)6-16-10-7(5-15)3-4-9(17-10)11(12,13)14/h3-4,8,18H,2,6H2,1H3,(H,16,17). The van der Waals surface area contributed by atoms with E-state index in [1.165, 1.54) is 0 Å². The van der Waals surface area contributed by atoms with Crippen molar-refractivity contribution in [2.24, 2.45) is 0 Å². The van der Waals surface area contributed by atoms with Crippen molar-refractivity contribution in [3.05, 3.63) is 23.4 Å². The van der Waals surface area contributed by atoms with Crippen LogP contribution in [0.2, 0.25) is 0 Å². The van der Waals surface area contributed by atoms with E-state index in [2.05, 4.69) is 10.3 Å². The lowest BCUT2D eigenvalue weighted by Gasteiger charge is -2.13. The Kier molecular flexibility index (Phi) is 4.50. The van der Waals surface area contributed by atoms with Crippen molar-refractivity contribution >= 4 is 5.82 Å². The second-order valence-corrected chi connectivity index (χ2v) is 3.65. The van der Waals surface area contributed by atoms with Crippen LogP contribution in [-0.4, -0.2) is 22.7 Å². The normalized spacial score (nSPS) is 12.9. The molecule has 1 aromatic rings. The Labute approximate surface area is 102 Å². The second kappa shape index (κ2) is 5.69. The molecule has 98 valence electrons. The van der Waals surface area contributed by atoms with Crippen LogP contribution in [0.3, 0.4) is 0 Å². The van der Waals surface area contributed by atoms with Gasteiger partial charge in [-0.15, -0.1) is 0 Å². The molecule has 0 aromatic carbocycles. The van der Waals surface area contributed by atoms with Crippen molar-refractivity contribution in [2.45, 2.75) is 25.6 Å². The summed E-state index contributed by atoms with van der Waals surface area (Å²) in [6.07, 6.45) is -4.81. The molecule has 0 fully saturated rings. The number of nitriles is 1. The molecule has 0 saturated carbocycles. The van der Waals surface area contributed by atoms with Gasteiger partial charge in [0.05, 0.1) is 11.7 Å². The molecule has 7 heteroatoms. The van der Waals surface area contributed by atoms with Gasteiger partial charge in [0.1, 0.15) is 17.6 Å². The molecule has 0 aliphatic carbocycles. The Balaban J connectivity index is 2.97. The first-order chi connectivity index (χ1) is 8.38. The molecule has 0 spiro atoms. The molecule has 18 heavy (non-hydrogen) atoms. The van der Waals surface area contributed by atoms with Crippen molar-refractivity contribution in [3.63, 3.8) is 0 Å². The predicted octanol–water partition coefficient (Wildman–Crippen LogP) is 2.15. The lowest BCUT2D eigenvalue weighted by molar-refractivity contribution is -0.141. The highest BCUT2D eigenvalue weighted by Crippen LogP contribution is 2.29. The smallest absolute Gasteiger partial charge is 0.391 e. The maximum atomic E-state index is 12.4. The molecule has 1 rings (SSSR count). The van der Waals surface area contributed by atoms with E-state index in [9.17, 15) is 18.3 Å². The fourth-order valence-electron chi connectivity index (χ4n) is 1.20. The lowest BCUT2D eigenvalue weighted by Crippen LogP contribution is -2.20. The van der Waals surface area contributed by atoms with Gasteiger partial charge >= 0.3 is 6.18 Å². The van der Waals surface area contributed by atoms with Crippen molar-refractivity contribution < 1.29 is 18.3 Å². The topological polar surface area (TPSA) is 68.9 Å². The number of pyridine rings is 1. The summed E-state index contributed by atoms with van der Waals surface area (Å²) in [5.74, 6) is -0.167. The van der Waals surface area contributed by atoms with Gasteiger partial charge in [-0.2, -0.15) is 18.4 Å². The summed E-state index contributed by atoms with van der Waals surface area (Å²) in [6.45, 7) is 1.77. The zero-order valence-electron chi connectivity index (χ0n) is 9.62. The molecule has 1 unspecified atom stereocenters.